The minimum absolute atomic E-state index is 0.269. The Labute approximate surface area is 149 Å². The number of nitrogens with zero attached hydrogens (tertiary/aromatic N) is 1. The molecule has 1 nitrogen and oxygen atoms in total. The summed E-state index contributed by atoms with van der Waals surface area (Å²) in [6.07, 6.45) is 4.31. The van der Waals surface area contributed by atoms with Crippen LogP contribution in [0.2, 0.25) is 0 Å². The fourth-order valence-corrected chi connectivity index (χ4v) is 2.51. The lowest BCUT2D eigenvalue weighted by atomic mass is 10.0. The number of hydrogen-bond acceptors (Lipinski definition) is 1. The summed E-state index contributed by atoms with van der Waals surface area (Å²) in [7, 11) is 0. The largest absolute Gasteiger partial charge is 0.206 e. The number of unbranched alkanes of at least 4 members (excludes halogenated alkanes) is 2. The molecular weight excluding hydrogens is 309 g/mol. The van der Waals surface area contributed by atoms with Gasteiger partial charge in [-0.1, -0.05) is 43.6 Å². The van der Waals surface area contributed by atoms with Gasteiger partial charge < -0.3 is 0 Å². The molecule has 0 aromatic heterocycles. The quantitative estimate of drug-likeness (QED) is 0.563. The summed E-state index contributed by atoms with van der Waals surface area (Å²) in [6, 6.07) is 12.7. The van der Waals surface area contributed by atoms with Crippen molar-refractivity contribution in [3.05, 3.63) is 70.0 Å². The van der Waals surface area contributed by atoms with Gasteiger partial charge in [0.2, 0.25) is 0 Å². The van der Waals surface area contributed by atoms with Crippen LogP contribution in [0, 0.1) is 47.8 Å². The molecule has 0 saturated carbocycles. The number of nitriles is 1. The predicted molar refractivity (Wildman–Crippen MR) is 99.3 cm³/mol. The Hall–Kier alpha value is -3.02. The molecule has 0 bridgehead atoms. The molecule has 0 fully saturated rings. The molecule has 2 aromatic carbocycles. The SMILES string of the molecule is CCCCCc1ccc(C#Cc2ccc(C#CC#N)c(C)c2)c(F)c1. The molecule has 2 rings (SSSR count). The van der Waals surface area contributed by atoms with E-state index in [1.807, 2.05) is 31.2 Å². The monoisotopic (exact) mass is 329 g/mol. The highest BCUT2D eigenvalue weighted by Crippen LogP contribution is 2.13. The van der Waals surface area contributed by atoms with Gasteiger partial charge in [-0.2, -0.15) is 5.26 Å². The summed E-state index contributed by atoms with van der Waals surface area (Å²) in [5, 5.41) is 8.51. The molecule has 0 saturated heterocycles. The fraction of sp³-hybridized carbons (Fsp3) is 0.261. The third kappa shape index (κ3) is 5.53. The molecule has 0 atom stereocenters. The first-order chi connectivity index (χ1) is 12.1. The molecule has 0 heterocycles. The number of benzene rings is 2. The van der Waals surface area contributed by atoms with Gasteiger partial charge >= 0.3 is 0 Å². The topological polar surface area (TPSA) is 23.8 Å². The van der Waals surface area contributed by atoms with Crippen molar-refractivity contribution >= 4 is 0 Å². The first-order valence-electron chi connectivity index (χ1n) is 8.45. The molecule has 0 aliphatic carbocycles. The lowest BCUT2D eigenvalue weighted by molar-refractivity contribution is 0.619. The van der Waals surface area contributed by atoms with E-state index in [1.54, 1.807) is 18.2 Å². The maximum absolute atomic E-state index is 14.2. The van der Waals surface area contributed by atoms with Crippen molar-refractivity contribution < 1.29 is 4.39 Å². The van der Waals surface area contributed by atoms with Crippen molar-refractivity contribution in [3.8, 4) is 29.8 Å². The van der Waals surface area contributed by atoms with E-state index in [0.29, 0.717) is 5.56 Å². The molecule has 2 aromatic rings. The van der Waals surface area contributed by atoms with Crippen molar-refractivity contribution in [1.82, 2.24) is 0 Å². The highest BCUT2D eigenvalue weighted by Gasteiger charge is 2.02. The second-order valence-electron chi connectivity index (χ2n) is 5.91. The Bertz CT molecular complexity index is 911. The number of rotatable bonds is 4. The summed E-state index contributed by atoms with van der Waals surface area (Å²) in [4.78, 5) is 0. The van der Waals surface area contributed by atoms with Crippen molar-refractivity contribution in [3.63, 3.8) is 0 Å². The smallest absolute Gasteiger partial charge is 0.152 e. The predicted octanol–water partition coefficient (Wildman–Crippen LogP) is 5.14. The zero-order valence-electron chi connectivity index (χ0n) is 14.6. The summed E-state index contributed by atoms with van der Waals surface area (Å²) in [5.74, 6) is 10.8. The van der Waals surface area contributed by atoms with Crippen LogP contribution in [0.25, 0.3) is 0 Å². The van der Waals surface area contributed by atoms with Crippen LogP contribution in [0.1, 0.15) is 54.0 Å². The van der Waals surface area contributed by atoms with Gasteiger partial charge in [-0.25, -0.2) is 4.39 Å². The molecule has 0 radical (unpaired) electrons. The van der Waals surface area contributed by atoms with Gasteiger partial charge in [0.1, 0.15) is 5.82 Å². The summed E-state index contributed by atoms with van der Waals surface area (Å²) in [5.41, 5.74) is 3.97. The average Bonchev–Trinajstić information content (AvgIpc) is 2.60. The maximum atomic E-state index is 14.2. The van der Waals surface area contributed by atoms with E-state index in [1.165, 1.54) is 0 Å². The zero-order valence-corrected chi connectivity index (χ0v) is 14.6. The molecule has 0 N–H and O–H groups in total. The molecule has 0 aliphatic heterocycles. The van der Waals surface area contributed by atoms with Gasteiger partial charge in [0, 0.05) is 17.0 Å². The minimum Gasteiger partial charge on any atom is -0.206 e. The van der Waals surface area contributed by atoms with E-state index in [4.69, 9.17) is 5.26 Å². The average molecular weight is 329 g/mol. The molecule has 0 amide bonds. The summed E-state index contributed by atoms with van der Waals surface area (Å²) in [6.45, 7) is 4.07. The Morgan fingerprint density at radius 2 is 1.76 bits per heavy atom. The lowest BCUT2D eigenvalue weighted by Crippen LogP contribution is -1.90. The number of halogens is 1. The normalized spacial score (nSPS) is 9.36. The molecule has 0 aliphatic rings. The molecule has 124 valence electrons. The Balaban J connectivity index is 2.15. The van der Waals surface area contributed by atoms with Crippen molar-refractivity contribution in [2.75, 3.05) is 0 Å². The second-order valence-corrected chi connectivity index (χ2v) is 5.91. The van der Waals surface area contributed by atoms with E-state index in [2.05, 4.69) is 30.6 Å². The van der Waals surface area contributed by atoms with Crippen LogP contribution in [0.15, 0.2) is 36.4 Å². The maximum Gasteiger partial charge on any atom is 0.152 e. The standard InChI is InChI=1S/C23H20FN/c1-3-4-5-7-19-10-13-22(23(24)17-19)14-11-20-9-12-21(8-6-15-25)18(2)16-20/h9-10,12-13,16-17H,3-5,7H2,1-2H3. The van der Waals surface area contributed by atoms with Crippen LogP contribution in [-0.4, -0.2) is 0 Å². The van der Waals surface area contributed by atoms with Gasteiger partial charge in [-0.05, 0) is 61.2 Å². The third-order valence-corrected chi connectivity index (χ3v) is 3.92. The molecule has 0 spiro atoms. The van der Waals surface area contributed by atoms with Crippen molar-refractivity contribution in [2.24, 2.45) is 0 Å². The minimum atomic E-state index is -0.269. The molecule has 0 unspecified atom stereocenters. The van der Waals surface area contributed by atoms with E-state index in [9.17, 15) is 4.39 Å². The van der Waals surface area contributed by atoms with Crippen molar-refractivity contribution in [1.29, 1.82) is 5.26 Å². The molecular formula is C23H20FN. The van der Waals surface area contributed by atoms with E-state index in [-0.39, 0.29) is 5.82 Å². The van der Waals surface area contributed by atoms with Gasteiger partial charge in [-0.15, -0.1) is 0 Å². The Morgan fingerprint density at radius 1 is 0.960 bits per heavy atom. The molecule has 25 heavy (non-hydrogen) atoms. The highest BCUT2D eigenvalue weighted by atomic mass is 19.1. The first-order valence-corrected chi connectivity index (χ1v) is 8.45. The number of hydrogen-bond donors (Lipinski definition) is 0. The van der Waals surface area contributed by atoms with Crippen molar-refractivity contribution in [2.45, 2.75) is 39.5 Å². The van der Waals surface area contributed by atoms with Crippen LogP contribution < -0.4 is 0 Å². The van der Waals surface area contributed by atoms with Crippen LogP contribution in [0.4, 0.5) is 4.39 Å². The zero-order chi connectivity index (χ0) is 18.1. The van der Waals surface area contributed by atoms with Gasteiger partial charge in [0.05, 0.1) is 5.56 Å². The second kappa shape index (κ2) is 9.32. The Morgan fingerprint density at radius 3 is 2.44 bits per heavy atom. The third-order valence-electron chi connectivity index (χ3n) is 3.92. The molecule has 2 heteroatoms. The van der Waals surface area contributed by atoms with Crippen LogP contribution in [0.3, 0.4) is 0 Å². The Kier molecular flexibility index (Phi) is 6.83. The van der Waals surface area contributed by atoms with Crippen LogP contribution in [0.5, 0.6) is 0 Å². The van der Waals surface area contributed by atoms with E-state index < -0.39 is 0 Å². The van der Waals surface area contributed by atoms with Crippen LogP contribution in [-0.2, 0) is 6.42 Å². The van der Waals surface area contributed by atoms with E-state index in [0.717, 1.165) is 47.9 Å². The first kappa shape index (κ1) is 18.3. The van der Waals surface area contributed by atoms with Gasteiger partial charge in [-0.3, -0.25) is 0 Å². The summed E-state index contributed by atoms with van der Waals surface area (Å²) < 4.78 is 14.2. The highest BCUT2D eigenvalue weighted by molar-refractivity contribution is 5.50. The summed E-state index contributed by atoms with van der Waals surface area (Å²) >= 11 is 0. The lowest BCUT2D eigenvalue weighted by Gasteiger charge is -2.02. The van der Waals surface area contributed by atoms with Gasteiger partial charge in [0.15, 0.2) is 6.07 Å². The van der Waals surface area contributed by atoms with Crippen LogP contribution >= 0.6 is 0 Å². The number of aryl methyl sites for hydroxylation is 2. The van der Waals surface area contributed by atoms with E-state index >= 15 is 0 Å². The fourth-order valence-electron chi connectivity index (χ4n) is 2.51. The van der Waals surface area contributed by atoms with Gasteiger partial charge in [0.25, 0.3) is 0 Å².